The number of nitrogen functional groups attached to an aromatic ring is 1. The number of nitrogens with two attached hydrogens (primary N) is 1. The van der Waals surface area contributed by atoms with Crippen LogP contribution in [0.25, 0.3) is 0 Å². The zero-order chi connectivity index (χ0) is 13.3. The summed E-state index contributed by atoms with van der Waals surface area (Å²) in [7, 11) is 0. The molecule has 0 fully saturated rings. The van der Waals surface area contributed by atoms with Crippen LogP contribution in [0.5, 0.6) is 0 Å². The van der Waals surface area contributed by atoms with Gasteiger partial charge in [0.15, 0.2) is 0 Å². The van der Waals surface area contributed by atoms with E-state index in [-0.39, 0.29) is 17.1 Å². The Hall–Kier alpha value is -2.04. The van der Waals surface area contributed by atoms with Crippen LogP contribution in [0.3, 0.4) is 0 Å². The van der Waals surface area contributed by atoms with Crippen LogP contribution in [0, 0.1) is 12.7 Å². The maximum atomic E-state index is 12.8. The predicted octanol–water partition coefficient (Wildman–Crippen LogP) is 1.75. The van der Waals surface area contributed by atoms with Gasteiger partial charge in [0.1, 0.15) is 11.5 Å². The highest BCUT2D eigenvalue weighted by molar-refractivity contribution is 5.40. The van der Waals surface area contributed by atoms with Crippen LogP contribution in [0.2, 0.25) is 0 Å². The largest absolute Gasteiger partial charge is 0.393 e. The number of rotatable bonds is 3. The van der Waals surface area contributed by atoms with Gasteiger partial charge in [0.05, 0.1) is 12.2 Å². The molecule has 2 rings (SSSR count). The highest BCUT2D eigenvalue weighted by atomic mass is 19.1. The van der Waals surface area contributed by atoms with Crippen molar-refractivity contribution >= 4 is 5.69 Å². The normalized spacial score (nSPS) is 10.8. The molecule has 2 N–H and O–H groups in total. The second kappa shape index (κ2) is 4.68. The fourth-order valence-corrected chi connectivity index (χ4v) is 2.05. The molecular formula is C13H16FN3O. The van der Waals surface area contributed by atoms with Crippen LogP contribution in [-0.4, -0.2) is 9.36 Å². The Bertz CT molecular complexity index is 610. The summed E-state index contributed by atoms with van der Waals surface area (Å²) < 4.78 is 16.2. The lowest BCUT2D eigenvalue weighted by Gasteiger charge is -2.11. The van der Waals surface area contributed by atoms with Gasteiger partial charge in [-0.05, 0) is 31.5 Å². The summed E-state index contributed by atoms with van der Waals surface area (Å²) >= 11 is 0. The Kier molecular flexibility index (Phi) is 3.23. The number of aromatic nitrogens is 2. The highest BCUT2D eigenvalue weighted by Gasteiger charge is 2.13. The molecule has 1 aromatic heterocycles. The molecule has 0 spiro atoms. The molecule has 5 heteroatoms. The Morgan fingerprint density at radius 2 is 1.83 bits per heavy atom. The molecule has 0 aliphatic heterocycles. The number of nitrogens with zero attached hydrogens (tertiary/aromatic N) is 2. The van der Waals surface area contributed by atoms with Crippen molar-refractivity contribution in [3.05, 3.63) is 51.7 Å². The van der Waals surface area contributed by atoms with Gasteiger partial charge in [0.2, 0.25) is 0 Å². The SMILES string of the molecule is CCn1c(C)c(N)c(=O)n1Cc1ccc(F)cc1. The molecule has 2 aromatic rings. The van der Waals surface area contributed by atoms with E-state index < -0.39 is 0 Å². The van der Waals surface area contributed by atoms with Gasteiger partial charge >= 0.3 is 0 Å². The maximum absolute atomic E-state index is 12.8. The van der Waals surface area contributed by atoms with Crippen molar-refractivity contribution in [2.45, 2.75) is 26.9 Å². The lowest BCUT2D eigenvalue weighted by Crippen LogP contribution is -2.24. The Balaban J connectivity index is 2.43. The van der Waals surface area contributed by atoms with Gasteiger partial charge < -0.3 is 5.73 Å². The molecule has 0 amide bonds. The molecule has 0 saturated carbocycles. The minimum absolute atomic E-state index is 0.196. The van der Waals surface area contributed by atoms with Crippen molar-refractivity contribution in [3.63, 3.8) is 0 Å². The summed E-state index contributed by atoms with van der Waals surface area (Å²) in [6.45, 7) is 4.83. The first-order valence-electron chi connectivity index (χ1n) is 5.84. The summed E-state index contributed by atoms with van der Waals surface area (Å²) in [6.07, 6.45) is 0. The van der Waals surface area contributed by atoms with E-state index >= 15 is 0 Å². The van der Waals surface area contributed by atoms with E-state index in [1.807, 2.05) is 18.5 Å². The molecule has 0 unspecified atom stereocenters. The Morgan fingerprint density at radius 3 is 2.39 bits per heavy atom. The molecule has 1 heterocycles. The quantitative estimate of drug-likeness (QED) is 0.901. The molecule has 0 radical (unpaired) electrons. The molecule has 0 saturated heterocycles. The zero-order valence-electron chi connectivity index (χ0n) is 10.5. The van der Waals surface area contributed by atoms with Gasteiger partial charge in [-0.15, -0.1) is 0 Å². The molecule has 18 heavy (non-hydrogen) atoms. The molecule has 0 atom stereocenters. The van der Waals surface area contributed by atoms with Crippen molar-refractivity contribution in [2.75, 3.05) is 5.73 Å². The first-order valence-corrected chi connectivity index (χ1v) is 5.84. The second-order valence-electron chi connectivity index (χ2n) is 4.20. The molecule has 0 aliphatic rings. The number of hydrogen-bond donors (Lipinski definition) is 1. The van der Waals surface area contributed by atoms with Gasteiger partial charge in [-0.3, -0.25) is 9.48 Å². The zero-order valence-corrected chi connectivity index (χ0v) is 10.5. The number of hydrogen-bond acceptors (Lipinski definition) is 2. The van der Waals surface area contributed by atoms with E-state index in [9.17, 15) is 9.18 Å². The average Bonchev–Trinajstić information content (AvgIpc) is 2.57. The second-order valence-corrected chi connectivity index (χ2v) is 4.20. The summed E-state index contributed by atoms with van der Waals surface area (Å²) in [5.74, 6) is -0.285. The predicted molar refractivity (Wildman–Crippen MR) is 69.0 cm³/mol. The minimum Gasteiger partial charge on any atom is -0.393 e. The fraction of sp³-hybridized carbons (Fsp3) is 0.308. The van der Waals surface area contributed by atoms with Crippen molar-refractivity contribution in [2.24, 2.45) is 0 Å². The molecule has 0 aliphatic carbocycles. The van der Waals surface area contributed by atoms with Gasteiger partial charge in [-0.25, -0.2) is 9.07 Å². The van der Waals surface area contributed by atoms with Gasteiger partial charge in [0.25, 0.3) is 5.56 Å². The van der Waals surface area contributed by atoms with Crippen LogP contribution in [0.1, 0.15) is 18.2 Å². The Morgan fingerprint density at radius 1 is 1.22 bits per heavy atom. The summed E-state index contributed by atoms with van der Waals surface area (Å²) in [5.41, 5.74) is 7.46. The van der Waals surface area contributed by atoms with Crippen LogP contribution < -0.4 is 11.3 Å². The number of halogens is 1. The summed E-state index contributed by atoms with van der Waals surface area (Å²) in [5, 5.41) is 0. The summed E-state index contributed by atoms with van der Waals surface area (Å²) in [4.78, 5) is 12.0. The van der Waals surface area contributed by atoms with Crippen molar-refractivity contribution in [1.29, 1.82) is 0 Å². The van der Waals surface area contributed by atoms with E-state index in [0.29, 0.717) is 13.1 Å². The van der Waals surface area contributed by atoms with Crippen LogP contribution >= 0.6 is 0 Å². The van der Waals surface area contributed by atoms with E-state index in [4.69, 9.17) is 5.73 Å². The summed E-state index contributed by atoms with van der Waals surface area (Å²) in [6, 6.07) is 6.10. The lowest BCUT2D eigenvalue weighted by molar-refractivity contribution is 0.479. The van der Waals surface area contributed by atoms with Crippen LogP contribution in [-0.2, 0) is 13.1 Å². The fourth-order valence-electron chi connectivity index (χ4n) is 2.05. The molecule has 0 bridgehead atoms. The Labute approximate surface area is 104 Å². The molecular weight excluding hydrogens is 233 g/mol. The number of benzene rings is 1. The monoisotopic (exact) mass is 249 g/mol. The van der Waals surface area contributed by atoms with Crippen molar-refractivity contribution < 1.29 is 4.39 Å². The minimum atomic E-state index is -0.285. The standard InChI is InChI=1S/C13H16FN3O/c1-3-16-9(2)12(15)13(18)17(16)8-10-4-6-11(14)7-5-10/h4-7H,3,8,15H2,1-2H3. The molecule has 1 aromatic carbocycles. The topological polar surface area (TPSA) is 52.9 Å². The first kappa shape index (κ1) is 12.4. The molecule has 4 nitrogen and oxygen atoms in total. The number of anilines is 1. The van der Waals surface area contributed by atoms with E-state index in [2.05, 4.69) is 0 Å². The molecule has 96 valence electrons. The average molecular weight is 249 g/mol. The van der Waals surface area contributed by atoms with Gasteiger partial charge in [0, 0.05) is 6.54 Å². The third-order valence-corrected chi connectivity index (χ3v) is 3.08. The first-order chi connectivity index (χ1) is 8.54. The lowest BCUT2D eigenvalue weighted by atomic mass is 10.2. The van der Waals surface area contributed by atoms with E-state index in [1.54, 1.807) is 16.8 Å². The van der Waals surface area contributed by atoms with Crippen LogP contribution in [0.15, 0.2) is 29.1 Å². The maximum Gasteiger partial charge on any atom is 0.290 e. The van der Waals surface area contributed by atoms with Crippen LogP contribution in [0.4, 0.5) is 10.1 Å². The van der Waals surface area contributed by atoms with E-state index in [0.717, 1.165) is 11.3 Å². The van der Waals surface area contributed by atoms with Crippen molar-refractivity contribution in [3.8, 4) is 0 Å². The smallest absolute Gasteiger partial charge is 0.290 e. The van der Waals surface area contributed by atoms with Gasteiger partial charge in [-0.2, -0.15) is 0 Å². The highest BCUT2D eigenvalue weighted by Crippen LogP contribution is 2.09. The third kappa shape index (κ3) is 2.03. The van der Waals surface area contributed by atoms with Crippen molar-refractivity contribution in [1.82, 2.24) is 9.36 Å². The third-order valence-electron chi connectivity index (χ3n) is 3.08. The van der Waals surface area contributed by atoms with E-state index in [1.165, 1.54) is 12.1 Å². The van der Waals surface area contributed by atoms with Gasteiger partial charge in [-0.1, -0.05) is 12.1 Å².